The van der Waals surface area contributed by atoms with Gasteiger partial charge in [-0.2, -0.15) is 22.8 Å². The van der Waals surface area contributed by atoms with Crippen molar-refractivity contribution in [2.24, 2.45) is 5.92 Å². The second kappa shape index (κ2) is 6.40. The van der Waals surface area contributed by atoms with Crippen molar-refractivity contribution < 1.29 is 26.7 Å². The van der Waals surface area contributed by atoms with Crippen molar-refractivity contribution in [3.05, 3.63) is 23.0 Å². The van der Waals surface area contributed by atoms with Gasteiger partial charge in [-0.05, 0) is 39.3 Å². The summed E-state index contributed by atoms with van der Waals surface area (Å²) in [4.78, 5) is 16.4. The van der Waals surface area contributed by atoms with Crippen LogP contribution in [-0.4, -0.2) is 27.3 Å². The van der Waals surface area contributed by atoms with Gasteiger partial charge in [-0.3, -0.25) is 10.1 Å². The summed E-state index contributed by atoms with van der Waals surface area (Å²) in [7, 11) is 0. The number of aryl methyl sites for hydroxylation is 1. The molecule has 1 aliphatic rings. The molecule has 1 fully saturated rings. The molecule has 1 aromatic carbocycles. The summed E-state index contributed by atoms with van der Waals surface area (Å²) >= 11 is 0. The standard InChI is InChI=1S/C19H19F5N4O/c1-9-10(8-25)5-12(20)14-15(9)28(17(2,3)4)16(27-14)26-13(29)6-11-7-18(21,22)19(11,23)24/h5,11H,6-7H2,1-4H3,(H,26,27,29). The number of amides is 1. The van der Waals surface area contributed by atoms with Crippen molar-refractivity contribution in [2.45, 2.75) is 57.9 Å². The lowest BCUT2D eigenvalue weighted by Crippen LogP contribution is -2.59. The number of carbonyl (C=O) groups excluding carboxylic acids is 1. The van der Waals surface area contributed by atoms with Crippen LogP contribution in [0.3, 0.4) is 0 Å². The van der Waals surface area contributed by atoms with Gasteiger partial charge < -0.3 is 4.57 Å². The second-order valence-corrected chi connectivity index (χ2v) is 8.26. The van der Waals surface area contributed by atoms with Crippen LogP contribution in [0.4, 0.5) is 27.9 Å². The number of nitrogens with zero attached hydrogens (tertiary/aromatic N) is 3. The van der Waals surface area contributed by atoms with Crippen LogP contribution in [0.5, 0.6) is 0 Å². The highest BCUT2D eigenvalue weighted by atomic mass is 19.3. The Bertz CT molecular complexity index is 1050. The van der Waals surface area contributed by atoms with E-state index in [2.05, 4.69) is 10.3 Å². The Kier molecular flexibility index (Phi) is 4.64. The molecule has 1 atom stereocenters. The lowest BCUT2D eigenvalue weighted by Gasteiger charge is -2.43. The molecule has 0 bridgehead atoms. The van der Waals surface area contributed by atoms with Gasteiger partial charge in [0.05, 0.1) is 17.1 Å². The average molecular weight is 414 g/mol. The average Bonchev–Trinajstić information content (AvgIpc) is 2.97. The summed E-state index contributed by atoms with van der Waals surface area (Å²) in [6, 6.07) is 2.92. The van der Waals surface area contributed by atoms with Crippen molar-refractivity contribution in [2.75, 3.05) is 5.32 Å². The monoisotopic (exact) mass is 414 g/mol. The third-order valence-electron chi connectivity index (χ3n) is 5.11. The summed E-state index contributed by atoms with van der Waals surface area (Å²) in [6.45, 7) is 6.86. The molecule has 1 aliphatic carbocycles. The van der Waals surface area contributed by atoms with E-state index >= 15 is 0 Å². The van der Waals surface area contributed by atoms with Crippen molar-refractivity contribution in [3.63, 3.8) is 0 Å². The van der Waals surface area contributed by atoms with E-state index in [9.17, 15) is 32.0 Å². The molecule has 1 N–H and O–H groups in total. The number of nitriles is 1. The van der Waals surface area contributed by atoms with Crippen LogP contribution in [0.15, 0.2) is 6.07 Å². The molecule has 1 saturated carbocycles. The maximum absolute atomic E-state index is 14.5. The molecule has 0 radical (unpaired) electrons. The molecule has 1 unspecified atom stereocenters. The molecule has 29 heavy (non-hydrogen) atoms. The third-order valence-corrected chi connectivity index (χ3v) is 5.11. The van der Waals surface area contributed by atoms with Crippen molar-refractivity contribution in [1.29, 1.82) is 5.26 Å². The third kappa shape index (κ3) is 3.22. The highest BCUT2D eigenvalue weighted by molar-refractivity contribution is 5.93. The fourth-order valence-corrected chi connectivity index (χ4v) is 3.56. The minimum absolute atomic E-state index is 0.0905. The minimum atomic E-state index is -4.25. The number of halogens is 5. The summed E-state index contributed by atoms with van der Waals surface area (Å²) in [6.07, 6.45) is -1.90. The molecule has 2 aromatic rings. The summed E-state index contributed by atoms with van der Waals surface area (Å²) in [5.74, 6) is -12.0. The van der Waals surface area contributed by atoms with Crippen LogP contribution in [0, 0.1) is 30.0 Å². The van der Waals surface area contributed by atoms with E-state index in [-0.39, 0.29) is 22.5 Å². The van der Waals surface area contributed by atoms with Gasteiger partial charge in [0.1, 0.15) is 5.52 Å². The first-order valence-corrected chi connectivity index (χ1v) is 8.88. The maximum atomic E-state index is 14.5. The molecule has 5 nitrogen and oxygen atoms in total. The maximum Gasteiger partial charge on any atom is 0.313 e. The molecular formula is C19H19F5N4O. The number of fused-ring (bicyclic) bond motifs is 1. The Labute approximate surface area is 163 Å². The lowest BCUT2D eigenvalue weighted by atomic mass is 9.74. The number of hydrogen-bond acceptors (Lipinski definition) is 3. The molecule has 0 aliphatic heterocycles. The molecule has 3 rings (SSSR count). The van der Waals surface area contributed by atoms with Gasteiger partial charge in [0.15, 0.2) is 5.82 Å². The largest absolute Gasteiger partial charge is 0.313 e. The van der Waals surface area contributed by atoms with Crippen LogP contribution >= 0.6 is 0 Å². The number of imidazole rings is 1. The first-order chi connectivity index (χ1) is 13.2. The van der Waals surface area contributed by atoms with Gasteiger partial charge in [-0.25, -0.2) is 9.37 Å². The topological polar surface area (TPSA) is 70.7 Å². The molecule has 0 spiro atoms. The minimum Gasteiger partial charge on any atom is -0.304 e. The Balaban J connectivity index is 2.00. The van der Waals surface area contributed by atoms with Gasteiger partial charge >= 0.3 is 11.8 Å². The molecule has 156 valence electrons. The second-order valence-electron chi connectivity index (χ2n) is 8.26. The van der Waals surface area contributed by atoms with Crippen LogP contribution in [0.25, 0.3) is 11.0 Å². The van der Waals surface area contributed by atoms with Crippen molar-refractivity contribution in [1.82, 2.24) is 9.55 Å². The summed E-state index contributed by atoms with van der Waals surface area (Å²) in [5, 5.41) is 11.6. The Morgan fingerprint density at radius 1 is 1.38 bits per heavy atom. The number of aromatic nitrogens is 2. The zero-order valence-electron chi connectivity index (χ0n) is 16.2. The van der Waals surface area contributed by atoms with E-state index < -0.39 is 47.9 Å². The van der Waals surface area contributed by atoms with E-state index in [0.717, 1.165) is 6.07 Å². The Morgan fingerprint density at radius 3 is 2.48 bits per heavy atom. The number of hydrogen-bond donors (Lipinski definition) is 1. The van der Waals surface area contributed by atoms with E-state index in [1.807, 2.05) is 6.07 Å². The number of alkyl halides is 4. The van der Waals surface area contributed by atoms with Gasteiger partial charge in [-0.1, -0.05) is 0 Å². The van der Waals surface area contributed by atoms with Gasteiger partial charge in [-0.15, -0.1) is 0 Å². The van der Waals surface area contributed by atoms with E-state index in [1.165, 1.54) is 4.57 Å². The highest BCUT2D eigenvalue weighted by Crippen LogP contribution is 2.56. The molecule has 1 amide bonds. The van der Waals surface area contributed by atoms with Gasteiger partial charge in [0, 0.05) is 24.3 Å². The molecule has 0 saturated heterocycles. The predicted molar refractivity (Wildman–Crippen MR) is 95.4 cm³/mol. The Morgan fingerprint density at radius 2 is 2.00 bits per heavy atom. The SMILES string of the molecule is Cc1c(C#N)cc(F)c2nc(NC(=O)CC3CC(F)(F)C3(F)F)n(C(C)(C)C)c12. The van der Waals surface area contributed by atoms with Crippen LogP contribution in [0.2, 0.25) is 0 Å². The smallest absolute Gasteiger partial charge is 0.304 e. The number of anilines is 1. The van der Waals surface area contributed by atoms with Gasteiger partial charge in [0.25, 0.3) is 0 Å². The highest BCUT2D eigenvalue weighted by Gasteiger charge is 2.71. The molecule has 1 heterocycles. The van der Waals surface area contributed by atoms with Crippen LogP contribution in [-0.2, 0) is 10.3 Å². The Hall–Kier alpha value is -2.70. The van der Waals surface area contributed by atoms with E-state index in [1.54, 1.807) is 27.7 Å². The normalized spacial score (nSPS) is 20.2. The van der Waals surface area contributed by atoms with E-state index in [4.69, 9.17) is 0 Å². The zero-order chi connectivity index (χ0) is 21.9. The zero-order valence-corrected chi connectivity index (χ0v) is 16.2. The molecule has 1 aromatic heterocycles. The first-order valence-electron chi connectivity index (χ1n) is 8.88. The number of rotatable bonds is 3. The lowest BCUT2D eigenvalue weighted by molar-refractivity contribution is -0.313. The van der Waals surface area contributed by atoms with Crippen LogP contribution < -0.4 is 5.32 Å². The number of carbonyl (C=O) groups is 1. The van der Waals surface area contributed by atoms with Crippen LogP contribution in [0.1, 0.15) is 44.7 Å². The molecule has 10 heteroatoms. The fraction of sp³-hybridized carbons (Fsp3) is 0.526. The number of benzene rings is 1. The predicted octanol–water partition coefficient (Wildman–Crippen LogP) is 4.73. The number of nitrogens with one attached hydrogen (secondary N) is 1. The summed E-state index contributed by atoms with van der Waals surface area (Å²) < 4.78 is 68.9. The molecular weight excluding hydrogens is 395 g/mol. The van der Waals surface area contributed by atoms with E-state index in [0.29, 0.717) is 5.56 Å². The van der Waals surface area contributed by atoms with Crippen molar-refractivity contribution >= 4 is 22.9 Å². The summed E-state index contributed by atoms with van der Waals surface area (Å²) in [5.41, 5.74) is -0.000462. The quantitative estimate of drug-likeness (QED) is 0.739. The van der Waals surface area contributed by atoms with Gasteiger partial charge in [0.2, 0.25) is 11.9 Å². The fourth-order valence-electron chi connectivity index (χ4n) is 3.56. The van der Waals surface area contributed by atoms with Crippen molar-refractivity contribution in [3.8, 4) is 6.07 Å². The first kappa shape index (κ1) is 21.0.